The number of hydrogen-bond donors (Lipinski definition) is 1. The third-order valence-electron chi connectivity index (χ3n) is 3.92. The zero-order valence-electron chi connectivity index (χ0n) is 9.70. The van der Waals surface area contributed by atoms with Crippen molar-refractivity contribution in [1.82, 2.24) is 4.90 Å². The SMILES string of the molecule is CC1CC(C)N(C(=O)CC2(CS)CC2)C1. The molecule has 2 fully saturated rings. The fraction of sp³-hybridized carbons (Fsp3) is 0.917. The Morgan fingerprint density at radius 2 is 2.13 bits per heavy atom. The minimum atomic E-state index is 0.270. The Kier molecular flexibility index (Phi) is 3.02. The summed E-state index contributed by atoms with van der Waals surface area (Å²) in [7, 11) is 0. The molecular formula is C12H21NOS. The standard InChI is InChI=1S/C12H21NOS/c1-9-5-10(2)13(7-9)11(14)6-12(8-15)3-4-12/h9-10,15H,3-8H2,1-2H3. The molecular weight excluding hydrogens is 206 g/mol. The van der Waals surface area contributed by atoms with Gasteiger partial charge < -0.3 is 4.90 Å². The second-order valence-corrected chi connectivity index (χ2v) is 5.89. The monoisotopic (exact) mass is 227 g/mol. The lowest BCUT2D eigenvalue weighted by Gasteiger charge is -2.23. The van der Waals surface area contributed by atoms with Gasteiger partial charge in [-0.25, -0.2) is 0 Å². The van der Waals surface area contributed by atoms with Crippen LogP contribution in [0.15, 0.2) is 0 Å². The molecule has 1 aliphatic heterocycles. The van der Waals surface area contributed by atoms with Crippen molar-refractivity contribution in [2.75, 3.05) is 12.3 Å². The minimum Gasteiger partial charge on any atom is -0.340 e. The van der Waals surface area contributed by atoms with Crippen LogP contribution in [0.4, 0.5) is 0 Å². The smallest absolute Gasteiger partial charge is 0.223 e. The maximum atomic E-state index is 12.1. The van der Waals surface area contributed by atoms with E-state index >= 15 is 0 Å². The van der Waals surface area contributed by atoms with E-state index in [0.29, 0.717) is 17.9 Å². The van der Waals surface area contributed by atoms with Crippen LogP contribution in [0, 0.1) is 11.3 Å². The first kappa shape index (κ1) is 11.3. The van der Waals surface area contributed by atoms with Gasteiger partial charge in [-0.05, 0) is 43.3 Å². The molecule has 0 aromatic carbocycles. The number of carbonyl (C=O) groups excluding carboxylic acids is 1. The van der Waals surface area contributed by atoms with Gasteiger partial charge in [0.1, 0.15) is 0 Å². The third kappa shape index (κ3) is 2.32. The molecule has 2 atom stereocenters. The van der Waals surface area contributed by atoms with Gasteiger partial charge in [-0.3, -0.25) is 4.79 Å². The predicted molar refractivity (Wildman–Crippen MR) is 65.1 cm³/mol. The van der Waals surface area contributed by atoms with Gasteiger partial charge in [0.15, 0.2) is 0 Å². The van der Waals surface area contributed by atoms with E-state index < -0.39 is 0 Å². The Morgan fingerprint density at radius 1 is 1.47 bits per heavy atom. The van der Waals surface area contributed by atoms with Crippen molar-refractivity contribution in [3.8, 4) is 0 Å². The lowest BCUT2D eigenvalue weighted by atomic mass is 10.0. The van der Waals surface area contributed by atoms with Crippen LogP contribution in [-0.4, -0.2) is 29.1 Å². The quantitative estimate of drug-likeness (QED) is 0.734. The first-order valence-corrected chi connectivity index (χ1v) is 6.60. The molecule has 1 amide bonds. The average Bonchev–Trinajstić information content (AvgIpc) is 2.86. The summed E-state index contributed by atoms with van der Waals surface area (Å²) in [6.07, 6.45) is 4.28. The van der Waals surface area contributed by atoms with Crippen LogP contribution in [0.2, 0.25) is 0 Å². The van der Waals surface area contributed by atoms with E-state index in [-0.39, 0.29) is 5.41 Å². The number of thiol groups is 1. The summed E-state index contributed by atoms with van der Waals surface area (Å²) < 4.78 is 0. The number of nitrogens with zero attached hydrogens (tertiary/aromatic N) is 1. The summed E-state index contributed by atoms with van der Waals surface area (Å²) in [5.41, 5.74) is 0.270. The van der Waals surface area contributed by atoms with E-state index in [2.05, 4.69) is 31.4 Å². The number of hydrogen-bond acceptors (Lipinski definition) is 2. The average molecular weight is 227 g/mol. The van der Waals surface area contributed by atoms with E-state index in [1.54, 1.807) is 0 Å². The third-order valence-corrected chi connectivity index (χ3v) is 4.59. The van der Waals surface area contributed by atoms with Crippen molar-refractivity contribution in [2.24, 2.45) is 11.3 Å². The molecule has 0 radical (unpaired) electrons. The van der Waals surface area contributed by atoms with Crippen molar-refractivity contribution in [3.63, 3.8) is 0 Å². The van der Waals surface area contributed by atoms with Crippen LogP contribution < -0.4 is 0 Å². The van der Waals surface area contributed by atoms with E-state index in [0.717, 1.165) is 18.7 Å². The Hall–Kier alpha value is -0.180. The molecule has 2 unspecified atom stereocenters. The topological polar surface area (TPSA) is 20.3 Å². The summed E-state index contributed by atoms with van der Waals surface area (Å²) in [5.74, 6) is 1.91. The van der Waals surface area contributed by atoms with Gasteiger partial charge in [-0.1, -0.05) is 6.92 Å². The maximum absolute atomic E-state index is 12.1. The van der Waals surface area contributed by atoms with Crippen LogP contribution in [0.5, 0.6) is 0 Å². The maximum Gasteiger partial charge on any atom is 0.223 e. The Labute approximate surface area is 97.8 Å². The van der Waals surface area contributed by atoms with Crippen LogP contribution >= 0.6 is 12.6 Å². The lowest BCUT2D eigenvalue weighted by Crippen LogP contribution is -2.35. The van der Waals surface area contributed by atoms with Crippen LogP contribution in [-0.2, 0) is 4.79 Å². The summed E-state index contributed by atoms with van der Waals surface area (Å²) in [5, 5.41) is 0. The van der Waals surface area contributed by atoms with E-state index in [4.69, 9.17) is 0 Å². The molecule has 0 aromatic heterocycles. The molecule has 1 aliphatic carbocycles. The Morgan fingerprint density at radius 3 is 2.53 bits per heavy atom. The van der Waals surface area contributed by atoms with E-state index in [9.17, 15) is 4.79 Å². The molecule has 0 N–H and O–H groups in total. The molecule has 15 heavy (non-hydrogen) atoms. The van der Waals surface area contributed by atoms with E-state index in [1.165, 1.54) is 19.3 Å². The summed E-state index contributed by atoms with van der Waals surface area (Å²) >= 11 is 4.35. The minimum absolute atomic E-state index is 0.270. The highest BCUT2D eigenvalue weighted by Crippen LogP contribution is 2.50. The predicted octanol–water partition coefficient (Wildman–Crippen LogP) is 2.34. The van der Waals surface area contributed by atoms with E-state index in [1.807, 2.05) is 0 Å². The second kappa shape index (κ2) is 4.00. The summed E-state index contributed by atoms with van der Waals surface area (Å²) in [6, 6.07) is 0.447. The molecule has 1 saturated heterocycles. The van der Waals surface area contributed by atoms with Gasteiger partial charge >= 0.3 is 0 Å². The fourth-order valence-corrected chi connectivity index (χ4v) is 3.07. The Bertz CT molecular complexity index is 262. The zero-order chi connectivity index (χ0) is 11.1. The number of carbonyl (C=O) groups is 1. The van der Waals surface area contributed by atoms with Crippen LogP contribution in [0.3, 0.4) is 0 Å². The van der Waals surface area contributed by atoms with Crippen molar-refractivity contribution in [1.29, 1.82) is 0 Å². The zero-order valence-corrected chi connectivity index (χ0v) is 10.6. The highest BCUT2D eigenvalue weighted by Gasteiger charge is 2.44. The van der Waals surface area contributed by atoms with Gasteiger partial charge in [-0.2, -0.15) is 12.6 Å². The fourth-order valence-electron chi connectivity index (χ4n) is 2.64. The number of amides is 1. The molecule has 1 saturated carbocycles. The van der Waals surface area contributed by atoms with Crippen molar-refractivity contribution in [2.45, 2.75) is 45.6 Å². The van der Waals surface area contributed by atoms with Crippen molar-refractivity contribution < 1.29 is 4.79 Å². The van der Waals surface area contributed by atoms with Crippen LogP contribution in [0.25, 0.3) is 0 Å². The number of rotatable bonds is 3. The van der Waals surface area contributed by atoms with Crippen molar-refractivity contribution >= 4 is 18.5 Å². The lowest BCUT2D eigenvalue weighted by molar-refractivity contribution is -0.132. The molecule has 0 bridgehead atoms. The van der Waals surface area contributed by atoms with Gasteiger partial charge in [0.2, 0.25) is 5.91 Å². The van der Waals surface area contributed by atoms with Gasteiger partial charge in [0, 0.05) is 19.0 Å². The first-order valence-electron chi connectivity index (χ1n) is 5.97. The molecule has 2 nitrogen and oxygen atoms in total. The normalized spacial score (nSPS) is 33.1. The molecule has 0 spiro atoms. The molecule has 2 rings (SSSR count). The van der Waals surface area contributed by atoms with Crippen LogP contribution in [0.1, 0.15) is 39.5 Å². The summed E-state index contributed by atoms with van der Waals surface area (Å²) in [4.78, 5) is 14.2. The summed E-state index contributed by atoms with van der Waals surface area (Å²) in [6.45, 7) is 5.36. The molecule has 0 aromatic rings. The molecule has 3 heteroatoms. The second-order valence-electron chi connectivity index (χ2n) is 5.57. The van der Waals surface area contributed by atoms with Gasteiger partial charge in [0.25, 0.3) is 0 Å². The number of likely N-dealkylation sites (tertiary alicyclic amines) is 1. The molecule has 86 valence electrons. The van der Waals surface area contributed by atoms with Crippen molar-refractivity contribution in [3.05, 3.63) is 0 Å². The van der Waals surface area contributed by atoms with Gasteiger partial charge in [-0.15, -0.1) is 0 Å². The Balaban J connectivity index is 1.91. The van der Waals surface area contributed by atoms with Gasteiger partial charge in [0.05, 0.1) is 0 Å². The highest BCUT2D eigenvalue weighted by atomic mass is 32.1. The largest absolute Gasteiger partial charge is 0.340 e. The highest BCUT2D eigenvalue weighted by molar-refractivity contribution is 7.80. The first-order chi connectivity index (χ1) is 7.06. The molecule has 2 aliphatic rings. The molecule has 1 heterocycles.